The molecule has 24 heavy (non-hydrogen) atoms. The van der Waals surface area contributed by atoms with Gasteiger partial charge in [-0.25, -0.2) is 8.42 Å². The van der Waals surface area contributed by atoms with E-state index in [1.807, 2.05) is 0 Å². The van der Waals surface area contributed by atoms with Crippen molar-refractivity contribution >= 4 is 21.6 Å². The third-order valence-corrected chi connectivity index (χ3v) is 6.19. The molecule has 3 rings (SSSR count). The first kappa shape index (κ1) is 17.3. The fourth-order valence-electron chi connectivity index (χ4n) is 2.95. The second kappa shape index (κ2) is 7.60. The van der Waals surface area contributed by atoms with Gasteiger partial charge in [0.2, 0.25) is 15.9 Å². The summed E-state index contributed by atoms with van der Waals surface area (Å²) in [4.78, 5) is 12.4. The number of ether oxygens (including phenoxy) is 1. The first-order valence-electron chi connectivity index (χ1n) is 8.29. The number of sulfonamides is 1. The van der Waals surface area contributed by atoms with Crippen molar-refractivity contribution in [2.24, 2.45) is 0 Å². The van der Waals surface area contributed by atoms with Crippen LogP contribution in [0.25, 0.3) is 0 Å². The average Bonchev–Trinajstić information content (AvgIpc) is 2.63. The number of nitrogens with zero attached hydrogens (tertiary/aromatic N) is 1. The van der Waals surface area contributed by atoms with Crippen molar-refractivity contribution < 1.29 is 17.9 Å². The zero-order valence-corrected chi connectivity index (χ0v) is 14.3. The van der Waals surface area contributed by atoms with Crippen molar-refractivity contribution in [2.75, 3.05) is 38.2 Å². The van der Waals surface area contributed by atoms with Gasteiger partial charge in [0.05, 0.1) is 18.1 Å². The van der Waals surface area contributed by atoms with Crippen molar-refractivity contribution in [2.45, 2.75) is 30.2 Å². The van der Waals surface area contributed by atoms with Crippen LogP contribution in [0.5, 0.6) is 0 Å². The number of morpholine rings is 1. The second-order valence-corrected chi connectivity index (χ2v) is 8.00. The first-order valence-corrected chi connectivity index (χ1v) is 9.73. The maximum Gasteiger partial charge on any atom is 0.243 e. The minimum absolute atomic E-state index is 0.218. The molecule has 2 aliphatic heterocycles. The zero-order chi connectivity index (χ0) is 17.0. The van der Waals surface area contributed by atoms with E-state index >= 15 is 0 Å². The largest absolute Gasteiger partial charge is 0.378 e. The summed E-state index contributed by atoms with van der Waals surface area (Å²) in [6.45, 7) is 2.65. The lowest BCUT2D eigenvalue weighted by Gasteiger charge is -2.26. The molecule has 2 fully saturated rings. The van der Waals surface area contributed by atoms with E-state index in [1.165, 1.54) is 10.4 Å². The van der Waals surface area contributed by atoms with Gasteiger partial charge in [0.1, 0.15) is 6.04 Å². The van der Waals surface area contributed by atoms with Gasteiger partial charge in [-0.15, -0.1) is 0 Å². The minimum atomic E-state index is -3.50. The molecular weight excluding hydrogens is 330 g/mol. The first-order chi connectivity index (χ1) is 11.6. The Morgan fingerprint density at radius 1 is 1.25 bits per heavy atom. The maximum absolute atomic E-state index is 12.7. The molecule has 2 heterocycles. The van der Waals surface area contributed by atoms with Gasteiger partial charge in [0.25, 0.3) is 0 Å². The highest BCUT2D eigenvalue weighted by Gasteiger charge is 2.26. The van der Waals surface area contributed by atoms with Crippen LogP contribution in [0.1, 0.15) is 19.3 Å². The highest BCUT2D eigenvalue weighted by atomic mass is 32.2. The maximum atomic E-state index is 12.7. The van der Waals surface area contributed by atoms with Crippen molar-refractivity contribution in [1.29, 1.82) is 0 Å². The Kier molecular flexibility index (Phi) is 5.50. The third kappa shape index (κ3) is 3.94. The summed E-state index contributed by atoms with van der Waals surface area (Å²) in [5.41, 5.74) is 0.477. The number of carbonyl (C=O) groups is 1. The lowest BCUT2D eigenvalue weighted by Crippen LogP contribution is -2.48. The molecule has 1 atom stereocenters. The molecule has 8 heteroatoms. The Morgan fingerprint density at radius 2 is 2.04 bits per heavy atom. The zero-order valence-electron chi connectivity index (χ0n) is 13.5. The van der Waals surface area contributed by atoms with Crippen LogP contribution in [0, 0.1) is 0 Å². The number of piperidine rings is 1. The summed E-state index contributed by atoms with van der Waals surface area (Å²) in [7, 11) is -3.50. The fourth-order valence-corrected chi connectivity index (χ4v) is 4.52. The molecular formula is C16H23N3O4S. The highest BCUT2D eigenvalue weighted by Crippen LogP contribution is 2.23. The van der Waals surface area contributed by atoms with Gasteiger partial charge >= 0.3 is 0 Å². The van der Waals surface area contributed by atoms with Gasteiger partial charge in [-0.1, -0.05) is 12.5 Å². The molecule has 2 N–H and O–H groups in total. The summed E-state index contributed by atoms with van der Waals surface area (Å²) >= 11 is 0. The molecule has 1 aromatic carbocycles. The van der Waals surface area contributed by atoms with Crippen LogP contribution < -0.4 is 10.6 Å². The van der Waals surface area contributed by atoms with Crippen LogP contribution in [-0.2, 0) is 19.6 Å². The van der Waals surface area contributed by atoms with E-state index in [1.54, 1.807) is 18.2 Å². The molecule has 2 aliphatic rings. The van der Waals surface area contributed by atoms with Crippen LogP contribution in [0.3, 0.4) is 0 Å². The Morgan fingerprint density at radius 3 is 2.75 bits per heavy atom. The lowest BCUT2D eigenvalue weighted by atomic mass is 10.2. The number of hydrogen-bond acceptors (Lipinski definition) is 5. The van der Waals surface area contributed by atoms with Crippen molar-refractivity contribution in [1.82, 2.24) is 9.62 Å². The normalized spacial score (nSPS) is 22.9. The molecule has 1 amide bonds. The highest BCUT2D eigenvalue weighted by molar-refractivity contribution is 7.89. The van der Waals surface area contributed by atoms with E-state index in [4.69, 9.17) is 4.74 Å². The molecule has 0 saturated carbocycles. The SMILES string of the molecule is O=C(Nc1cccc(S(=O)(=O)N2CCCCC2)c1)C1COCCN1. The van der Waals surface area contributed by atoms with E-state index in [0.717, 1.165) is 19.3 Å². The molecule has 0 spiro atoms. The van der Waals surface area contributed by atoms with Crippen LogP contribution in [-0.4, -0.2) is 57.5 Å². The Balaban J connectivity index is 1.72. The predicted octanol–water partition coefficient (Wildman–Crippen LogP) is 0.788. The van der Waals surface area contributed by atoms with Crippen LogP contribution in [0.4, 0.5) is 5.69 Å². The number of carbonyl (C=O) groups excluding carboxylic acids is 1. The quantitative estimate of drug-likeness (QED) is 0.836. The van der Waals surface area contributed by atoms with E-state index in [-0.39, 0.29) is 10.8 Å². The van der Waals surface area contributed by atoms with Crippen molar-refractivity contribution in [3.05, 3.63) is 24.3 Å². The summed E-state index contributed by atoms with van der Waals surface area (Å²) in [6.07, 6.45) is 2.85. The molecule has 132 valence electrons. The molecule has 0 bridgehead atoms. The number of benzene rings is 1. The van der Waals surface area contributed by atoms with E-state index in [2.05, 4.69) is 10.6 Å². The number of anilines is 1. The number of hydrogen-bond donors (Lipinski definition) is 2. The van der Waals surface area contributed by atoms with E-state index in [0.29, 0.717) is 38.5 Å². The summed E-state index contributed by atoms with van der Waals surface area (Å²) < 4.78 is 32.2. The number of rotatable bonds is 4. The Hall–Kier alpha value is -1.48. The van der Waals surface area contributed by atoms with Gasteiger partial charge < -0.3 is 15.4 Å². The van der Waals surface area contributed by atoms with Crippen LogP contribution in [0.2, 0.25) is 0 Å². The number of nitrogens with one attached hydrogen (secondary N) is 2. The van der Waals surface area contributed by atoms with Gasteiger partial charge in [0.15, 0.2) is 0 Å². The molecule has 0 radical (unpaired) electrons. The predicted molar refractivity (Wildman–Crippen MR) is 90.3 cm³/mol. The summed E-state index contributed by atoms with van der Waals surface area (Å²) in [5.74, 6) is -0.220. The lowest BCUT2D eigenvalue weighted by molar-refractivity contribution is -0.120. The molecule has 0 aromatic heterocycles. The second-order valence-electron chi connectivity index (χ2n) is 6.06. The standard InChI is InChI=1S/C16H23N3O4S/c20-16(15-12-23-10-7-17-15)18-13-5-4-6-14(11-13)24(21,22)19-8-2-1-3-9-19/h4-6,11,15,17H,1-3,7-10,12H2,(H,18,20). The van der Waals surface area contributed by atoms with Gasteiger partial charge in [-0.2, -0.15) is 4.31 Å². The van der Waals surface area contributed by atoms with E-state index < -0.39 is 16.1 Å². The molecule has 1 aromatic rings. The number of amides is 1. The van der Waals surface area contributed by atoms with Gasteiger partial charge in [0, 0.05) is 25.3 Å². The topological polar surface area (TPSA) is 87.7 Å². The summed E-state index contributed by atoms with van der Waals surface area (Å²) in [6, 6.07) is 6.02. The Bertz CT molecular complexity index is 680. The van der Waals surface area contributed by atoms with Crippen molar-refractivity contribution in [3.63, 3.8) is 0 Å². The fraction of sp³-hybridized carbons (Fsp3) is 0.562. The average molecular weight is 353 g/mol. The van der Waals surface area contributed by atoms with Crippen LogP contribution >= 0.6 is 0 Å². The minimum Gasteiger partial charge on any atom is -0.378 e. The van der Waals surface area contributed by atoms with E-state index in [9.17, 15) is 13.2 Å². The monoisotopic (exact) mass is 353 g/mol. The van der Waals surface area contributed by atoms with Crippen molar-refractivity contribution in [3.8, 4) is 0 Å². The molecule has 0 aliphatic carbocycles. The molecule has 1 unspecified atom stereocenters. The molecule has 2 saturated heterocycles. The smallest absolute Gasteiger partial charge is 0.243 e. The van der Waals surface area contributed by atoms with Crippen LogP contribution in [0.15, 0.2) is 29.2 Å². The molecule has 7 nitrogen and oxygen atoms in total. The van der Waals surface area contributed by atoms with Gasteiger partial charge in [-0.3, -0.25) is 4.79 Å². The third-order valence-electron chi connectivity index (χ3n) is 4.29. The Labute approximate surface area is 142 Å². The summed E-state index contributed by atoms with van der Waals surface area (Å²) in [5, 5.41) is 5.83. The van der Waals surface area contributed by atoms with Gasteiger partial charge in [-0.05, 0) is 31.0 Å².